The Kier molecular flexibility index (Phi) is 9.87. The van der Waals surface area contributed by atoms with Gasteiger partial charge in [-0.3, -0.25) is 0 Å². The zero-order valence-corrected chi connectivity index (χ0v) is 29.8. The molecule has 8 rings (SSSR count). The Morgan fingerprint density at radius 3 is 2.31 bits per heavy atom. The number of aliphatic hydroxyl groups excluding tert-OH is 2. The number of aromatic hydroxyl groups is 2. The zero-order valence-electron chi connectivity index (χ0n) is 29.8. The van der Waals surface area contributed by atoms with Gasteiger partial charge in [0.25, 0.3) is 0 Å². The average Bonchev–Trinajstić information content (AvgIpc) is 4.03. The molecule has 284 valence electrons. The number of nitrogens with one attached hydrogen (secondary N) is 4. The van der Waals surface area contributed by atoms with Crippen LogP contribution >= 0.6 is 0 Å². The summed E-state index contributed by atoms with van der Waals surface area (Å²) in [5.74, 6) is 1.55. The number of phenolic OH excluding ortho intramolecular Hbond substituents is 2. The van der Waals surface area contributed by atoms with Gasteiger partial charge in [-0.1, -0.05) is 31.2 Å². The lowest BCUT2D eigenvalue weighted by Gasteiger charge is -2.22. The van der Waals surface area contributed by atoms with Crippen molar-refractivity contribution in [2.45, 2.75) is 74.9 Å². The first-order chi connectivity index (χ1) is 26.2. The SMILES string of the molecule is CCc1nnn([C@H]2C[C@@H](n3cnc4c(NCC(c5ccc(O)cc5)c5ccc(O)cc5)nc(N5CC[C@@H](NC(=O)N[C@@H]6CCNC6)C5)nc43)[C@H](O)[C@@H]2O)n1. The first-order valence-electron chi connectivity index (χ1n) is 18.5. The highest BCUT2D eigenvalue weighted by molar-refractivity contribution is 5.84. The molecule has 6 atom stereocenters. The molecule has 2 aromatic carbocycles. The van der Waals surface area contributed by atoms with Crippen molar-refractivity contribution in [1.29, 1.82) is 0 Å². The molecule has 0 bridgehead atoms. The van der Waals surface area contributed by atoms with Gasteiger partial charge in [0, 0.05) is 50.6 Å². The lowest BCUT2D eigenvalue weighted by atomic mass is 9.91. The van der Waals surface area contributed by atoms with Gasteiger partial charge < -0.3 is 51.2 Å². The molecule has 5 aromatic rings. The van der Waals surface area contributed by atoms with Gasteiger partial charge in [-0.15, -0.1) is 10.2 Å². The van der Waals surface area contributed by atoms with E-state index in [9.17, 15) is 25.2 Å². The first kappa shape index (κ1) is 35.4. The van der Waals surface area contributed by atoms with Crippen LogP contribution in [0.15, 0.2) is 54.9 Å². The van der Waals surface area contributed by atoms with Crippen LogP contribution in [-0.4, -0.2) is 123 Å². The fourth-order valence-corrected chi connectivity index (χ4v) is 7.73. The molecule has 2 amide bonds. The molecule has 3 aromatic heterocycles. The van der Waals surface area contributed by atoms with Crippen molar-refractivity contribution in [3.05, 3.63) is 71.8 Å². The van der Waals surface area contributed by atoms with Crippen molar-refractivity contribution < 1.29 is 25.2 Å². The maximum atomic E-state index is 12.8. The number of carbonyl (C=O) groups excluding carboxylic acids is 1. The van der Waals surface area contributed by atoms with Gasteiger partial charge in [0.2, 0.25) is 5.95 Å². The number of carbonyl (C=O) groups is 1. The molecular formula is C36H45N13O5. The van der Waals surface area contributed by atoms with Gasteiger partial charge in [-0.2, -0.15) is 14.8 Å². The third-order valence-corrected chi connectivity index (χ3v) is 10.7. The summed E-state index contributed by atoms with van der Waals surface area (Å²) < 4.78 is 1.78. The van der Waals surface area contributed by atoms with Gasteiger partial charge in [0.15, 0.2) is 22.8 Å². The fourth-order valence-electron chi connectivity index (χ4n) is 7.73. The van der Waals surface area contributed by atoms with E-state index in [1.165, 1.54) is 4.80 Å². The van der Waals surface area contributed by atoms with E-state index in [1.54, 1.807) is 35.2 Å². The van der Waals surface area contributed by atoms with Crippen LogP contribution in [0.2, 0.25) is 0 Å². The number of phenols is 2. The summed E-state index contributed by atoms with van der Waals surface area (Å²) in [4.78, 5) is 30.9. The van der Waals surface area contributed by atoms with Gasteiger partial charge in [0.1, 0.15) is 29.7 Å². The minimum absolute atomic E-state index is 0.104. The predicted octanol–water partition coefficient (Wildman–Crippen LogP) is 1.18. The summed E-state index contributed by atoms with van der Waals surface area (Å²) in [5, 5.41) is 68.1. The minimum Gasteiger partial charge on any atom is -0.508 e. The Morgan fingerprint density at radius 2 is 1.65 bits per heavy atom. The molecule has 8 N–H and O–H groups in total. The van der Waals surface area contributed by atoms with Gasteiger partial charge >= 0.3 is 6.03 Å². The highest BCUT2D eigenvalue weighted by Crippen LogP contribution is 2.40. The van der Waals surface area contributed by atoms with Crippen molar-refractivity contribution in [1.82, 2.24) is 55.7 Å². The summed E-state index contributed by atoms with van der Waals surface area (Å²) >= 11 is 0. The number of amides is 2. The fraction of sp³-hybridized carbons (Fsp3) is 0.472. The molecule has 1 saturated carbocycles. The first-order valence-corrected chi connectivity index (χ1v) is 18.5. The summed E-state index contributed by atoms with van der Waals surface area (Å²) in [6.45, 7) is 5.02. The number of imidazole rings is 1. The third kappa shape index (κ3) is 7.19. The summed E-state index contributed by atoms with van der Waals surface area (Å²) in [7, 11) is 0. The quantitative estimate of drug-likeness (QED) is 0.0950. The molecule has 5 heterocycles. The van der Waals surface area contributed by atoms with E-state index in [0.29, 0.717) is 67.7 Å². The van der Waals surface area contributed by atoms with E-state index in [-0.39, 0.29) is 35.5 Å². The number of tetrazole rings is 1. The second-order valence-electron chi connectivity index (χ2n) is 14.3. The van der Waals surface area contributed by atoms with Crippen LogP contribution in [0.3, 0.4) is 0 Å². The number of hydrogen-bond acceptors (Lipinski definition) is 14. The third-order valence-electron chi connectivity index (χ3n) is 10.7. The Balaban J connectivity index is 1.11. The number of hydrogen-bond donors (Lipinski definition) is 8. The standard InChI is InChI=1S/C36H45N13O5/c1-2-29-44-46-49(45-29)28-15-27(31(52)32(28)53)48-19-39-30-33(38-17-26(20-3-7-24(50)8-4-20)21-5-9-25(51)10-6-21)42-35(43-34(30)48)47-14-12-23(18-47)41-36(54)40-22-11-13-37-16-22/h3-10,19,22-23,26-28,31-32,37,50-53H,2,11-18H2,1H3,(H,38,42,43)(H2,40,41,54)/t22-,23-,27-,28+,31+,32-/m1/s1. The minimum atomic E-state index is -1.17. The molecule has 0 unspecified atom stereocenters. The second kappa shape index (κ2) is 15.0. The second-order valence-corrected chi connectivity index (χ2v) is 14.3. The van der Waals surface area contributed by atoms with Crippen LogP contribution in [0.25, 0.3) is 11.2 Å². The van der Waals surface area contributed by atoms with Crippen molar-refractivity contribution >= 4 is 29.0 Å². The van der Waals surface area contributed by atoms with E-state index in [4.69, 9.17) is 15.0 Å². The number of nitrogens with zero attached hydrogens (tertiary/aromatic N) is 9. The number of aryl methyl sites for hydroxylation is 1. The van der Waals surface area contributed by atoms with Crippen molar-refractivity contribution in [3.8, 4) is 11.5 Å². The Labute approximate surface area is 310 Å². The van der Waals surface area contributed by atoms with Gasteiger partial charge in [0.05, 0.1) is 12.4 Å². The topological polar surface area (TPSA) is 237 Å². The highest BCUT2D eigenvalue weighted by atomic mass is 16.3. The summed E-state index contributed by atoms with van der Waals surface area (Å²) in [6, 6.07) is 12.6. The molecule has 2 saturated heterocycles. The van der Waals surface area contributed by atoms with Crippen LogP contribution in [0.5, 0.6) is 11.5 Å². The molecule has 0 radical (unpaired) electrons. The number of fused-ring (bicyclic) bond motifs is 1. The van der Waals surface area contributed by atoms with Crippen LogP contribution in [0.1, 0.15) is 61.1 Å². The molecule has 3 aliphatic rings. The smallest absolute Gasteiger partial charge is 0.315 e. The van der Waals surface area contributed by atoms with Gasteiger partial charge in [-0.25, -0.2) is 9.78 Å². The van der Waals surface area contributed by atoms with E-state index in [0.717, 1.165) is 30.6 Å². The van der Waals surface area contributed by atoms with E-state index in [2.05, 4.69) is 36.7 Å². The molecule has 3 fully saturated rings. The Hall–Kier alpha value is -5.59. The molecular weight excluding hydrogens is 694 g/mol. The van der Waals surface area contributed by atoms with Crippen LogP contribution in [0.4, 0.5) is 16.6 Å². The van der Waals surface area contributed by atoms with Crippen LogP contribution in [0, 0.1) is 0 Å². The highest BCUT2D eigenvalue weighted by Gasteiger charge is 2.45. The molecule has 2 aliphatic heterocycles. The number of urea groups is 1. The lowest BCUT2D eigenvalue weighted by Crippen LogP contribution is -2.47. The van der Waals surface area contributed by atoms with Crippen molar-refractivity contribution in [2.24, 2.45) is 0 Å². The lowest BCUT2D eigenvalue weighted by molar-refractivity contribution is 0.00473. The number of rotatable bonds is 11. The normalized spacial score (nSPS) is 24.1. The van der Waals surface area contributed by atoms with E-state index >= 15 is 0 Å². The van der Waals surface area contributed by atoms with E-state index in [1.807, 2.05) is 36.1 Å². The zero-order chi connectivity index (χ0) is 37.3. The summed E-state index contributed by atoms with van der Waals surface area (Å²) in [6.07, 6.45) is 1.77. The molecule has 0 spiro atoms. The van der Waals surface area contributed by atoms with Crippen molar-refractivity contribution in [2.75, 3.05) is 42.9 Å². The predicted molar refractivity (Wildman–Crippen MR) is 197 cm³/mol. The molecule has 1 aliphatic carbocycles. The number of anilines is 2. The van der Waals surface area contributed by atoms with Crippen LogP contribution in [-0.2, 0) is 6.42 Å². The van der Waals surface area contributed by atoms with Gasteiger partial charge in [-0.05, 0) is 66.4 Å². The number of aliphatic hydroxyl groups is 2. The average molecular weight is 740 g/mol. The maximum Gasteiger partial charge on any atom is 0.315 e. The summed E-state index contributed by atoms with van der Waals surface area (Å²) in [5.41, 5.74) is 2.81. The largest absolute Gasteiger partial charge is 0.508 e. The number of aromatic nitrogens is 8. The molecule has 18 nitrogen and oxygen atoms in total. The number of benzene rings is 2. The van der Waals surface area contributed by atoms with E-state index < -0.39 is 24.3 Å². The maximum absolute atomic E-state index is 12.8. The monoisotopic (exact) mass is 739 g/mol. The Bertz CT molecular complexity index is 2020. The molecule has 18 heteroatoms. The Morgan fingerprint density at radius 1 is 0.944 bits per heavy atom. The van der Waals surface area contributed by atoms with Crippen molar-refractivity contribution in [3.63, 3.8) is 0 Å². The molecule has 54 heavy (non-hydrogen) atoms. The van der Waals surface area contributed by atoms with Crippen LogP contribution < -0.4 is 26.2 Å².